The number of nitrogens with one attached hydrogen (secondary N) is 1. The second-order valence-electron chi connectivity index (χ2n) is 5.28. The summed E-state index contributed by atoms with van der Waals surface area (Å²) in [5.41, 5.74) is 1.07. The van der Waals surface area contributed by atoms with Crippen LogP contribution in [0.5, 0.6) is 5.75 Å². The first kappa shape index (κ1) is 15.5. The SMILES string of the molecule is O=C1c2ccccc2C(=O)c2c(NCC(O)CCl)ccc(O)c21. The first-order chi connectivity index (χ1) is 11.0. The Labute approximate surface area is 137 Å². The minimum Gasteiger partial charge on any atom is -0.507 e. The number of alkyl halides is 1. The summed E-state index contributed by atoms with van der Waals surface area (Å²) in [7, 11) is 0. The molecule has 118 valence electrons. The fraction of sp³-hybridized carbons (Fsp3) is 0.176. The summed E-state index contributed by atoms with van der Waals surface area (Å²) in [5.74, 6) is -0.928. The van der Waals surface area contributed by atoms with E-state index >= 15 is 0 Å². The Morgan fingerprint density at radius 3 is 2.22 bits per heavy atom. The van der Waals surface area contributed by atoms with Crippen molar-refractivity contribution in [1.82, 2.24) is 0 Å². The minimum atomic E-state index is -0.789. The highest BCUT2D eigenvalue weighted by Gasteiger charge is 2.33. The highest BCUT2D eigenvalue weighted by molar-refractivity contribution is 6.31. The van der Waals surface area contributed by atoms with Crippen molar-refractivity contribution in [1.29, 1.82) is 0 Å². The normalized spacial score (nSPS) is 14.2. The molecule has 0 saturated carbocycles. The molecule has 0 bridgehead atoms. The Balaban J connectivity index is 2.11. The van der Waals surface area contributed by atoms with E-state index in [1.54, 1.807) is 24.3 Å². The van der Waals surface area contributed by atoms with Gasteiger partial charge < -0.3 is 15.5 Å². The molecule has 23 heavy (non-hydrogen) atoms. The molecular formula is C17H14ClNO4. The Bertz CT molecular complexity index is 803. The lowest BCUT2D eigenvalue weighted by Crippen LogP contribution is -2.25. The highest BCUT2D eigenvalue weighted by atomic mass is 35.5. The molecule has 0 heterocycles. The number of anilines is 1. The number of phenols is 1. The number of aliphatic hydroxyl groups is 1. The molecule has 3 N–H and O–H groups in total. The van der Waals surface area contributed by atoms with Gasteiger partial charge in [-0.15, -0.1) is 11.6 Å². The van der Waals surface area contributed by atoms with Crippen LogP contribution in [0, 0.1) is 0 Å². The molecule has 0 aliphatic heterocycles. The summed E-state index contributed by atoms with van der Waals surface area (Å²) in [5, 5.41) is 22.5. The van der Waals surface area contributed by atoms with E-state index in [4.69, 9.17) is 11.6 Å². The number of benzene rings is 2. The van der Waals surface area contributed by atoms with Crippen LogP contribution in [0.2, 0.25) is 0 Å². The summed E-state index contributed by atoms with van der Waals surface area (Å²) < 4.78 is 0. The summed E-state index contributed by atoms with van der Waals surface area (Å²) in [6.07, 6.45) is -0.789. The van der Waals surface area contributed by atoms with Crippen LogP contribution in [0.4, 0.5) is 5.69 Å². The average Bonchev–Trinajstić information content (AvgIpc) is 2.58. The van der Waals surface area contributed by atoms with E-state index in [1.807, 2.05) is 0 Å². The van der Waals surface area contributed by atoms with E-state index in [2.05, 4.69) is 5.32 Å². The summed E-state index contributed by atoms with van der Waals surface area (Å²) in [6.45, 7) is 0.129. The quantitative estimate of drug-likeness (QED) is 0.504. The molecule has 2 aromatic carbocycles. The van der Waals surface area contributed by atoms with Crippen LogP contribution < -0.4 is 5.32 Å². The molecule has 1 aliphatic carbocycles. The van der Waals surface area contributed by atoms with Crippen molar-refractivity contribution in [2.75, 3.05) is 17.7 Å². The predicted octanol–water partition coefficient (Wildman–Crippen LogP) is 2.18. The third kappa shape index (κ3) is 2.58. The number of hydrogen-bond donors (Lipinski definition) is 3. The molecule has 3 rings (SSSR count). The van der Waals surface area contributed by atoms with E-state index in [-0.39, 0.29) is 40.6 Å². The van der Waals surface area contributed by atoms with Gasteiger partial charge in [-0.05, 0) is 12.1 Å². The lowest BCUT2D eigenvalue weighted by Gasteiger charge is -2.22. The van der Waals surface area contributed by atoms with Gasteiger partial charge in [-0.2, -0.15) is 0 Å². The highest BCUT2D eigenvalue weighted by Crippen LogP contribution is 2.36. The summed E-state index contributed by atoms with van der Waals surface area (Å²) in [6, 6.07) is 9.37. The Morgan fingerprint density at radius 1 is 1.00 bits per heavy atom. The van der Waals surface area contributed by atoms with Gasteiger partial charge in [0, 0.05) is 23.4 Å². The van der Waals surface area contributed by atoms with Gasteiger partial charge in [0.15, 0.2) is 11.6 Å². The van der Waals surface area contributed by atoms with E-state index in [0.717, 1.165) is 0 Å². The van der Waals surface area contributed by atoms with Crippen molar-refractivity contribution in [3.05, 3.63) is 58.7 Å². The third-order valence-corrected chi connectivity index (χ3v) is 4.12. The number of halogens is 1. The van der Waals surface area contributed by atoms with E-state index < -0.39 is 11.9 Å². The van der Waals surface area contributed by atoms with Crippen molar-refractivity contribution in [2.24, 2.45) is 0 Å². The number of rotatable bonds is 4. The summed E-state index contributed by atoms with van der Waals surface area (Å²) in [4.78, 5) is 25.4. The molecule has 5 nitrogen and oxygen atoms in total. The van der Waals surface area contributed by atoms with Gasteiger partial charge >= 0.3 is 0 Å². The Morgan fingerprint density at radius 2 is 1.61 bits per heavy atom. The lowest BCUT2D eigenvalue weighted by molar-refractivity contribution is 0.0977. The second-order valence-corrected chi connectivity index (χ2v) is 5.58. The van der Waals surface area contributed by atoms with E-state index in [0.29, 0.717) is 11.3 Å². The van der Waals surface area contributed by atoms with Crippen molar-refractivity contribution < 1.29 is 19.8 Å². The van der Waals surface area contributed by atoms with Crippen molar-refractivity contribution >= 4 is 28.9 Å². The zero-order valence-electron chi connectivity index (χ0n) is 12.0. The van der Waals surface area contributed by atoms with Crippen LogP contribution in [0.15, 0.2) is 36.4 Å². The van der Waals surface area contributed by atoms with Crippen LogP contribution in [-0.4, -0.2) is 40.3 Å². The molecule has 1 atom stereocenters. The van der Waals surface area contributed by atoms with Gasteiger partial charge in [-0.1, -0.05) is 24.3 Å². The van der Waals surface area contributed by atoms with Crippen LogP contribution in [0.1, 0.15) is 31.8 Å². The van der Waals surface area contributed by atoms with E-state index in [1.165, 1.54) is 12.1 Å². The zero-order chi connectivity index (χ0) is 16.6. The number of carbonyl (C=O) groups is 2. The van der Waals surface area contributed by atoms with Gasteiger partial charge in [-0.3, -0.25) is 9.59 Å². The van der Waals surface area contributed by atoms with Gasteiger partial charge in [0.1, 0.15) is 5.75 Å². The van der Waals surface area contributed by atoms with Crippen molar-refractivity contribution in [3.63, 3.8) is 0 Å². The van der Waals surface area contributed by atoms with Crippen molar-refractivity contribution in [3.8, 4) is 5.75 Å². The van der Waals surface area contributed by atoms with Gasteiger partial charge in [-0.25, -0.2) is 0 Å². The van der Waals surface area contributed by atoms with Crippen LogP contribution >= 0.6 is 11.6 Å². The molecule has 0 aromatic heterocycles. The number of carbonyl (C=O) groups excluding carboxylic acids is 2. The first-order valence-corrected chi connectivity index (χ1v) is 7.60. The topological polar surface area (TPSA) is 86.6 Å². The van der Waals surface area contributed by atoms with Crippen LogP contribution in [0.3, 0.4) is 0 Å². The monoisotopic (exact) mass is 331 g/mol. The molecule has 0 spiro atoms. The fourth-order valence-corrected chi connectivity index (χ4v) is 2.74. The lowest BCUT2D eigenvalue weighted by atomic mass is 9.82. The number of fused-ring (bicyclic) bond motifs is 2. The maximum Gasteiger partial charge on any atom is 0.198 e. The van der Waals surface area contributed by atoms with Gasteiger partial charge in [0.25, 0.3) is 0 Å². The van der Waals surface area contributed by atoms with Gasteiger partial charge in [0.2, 0.25) is 0 Å². The number of ketones is 2. The largest absolute Gasteiger partial charge is 0.507 e. The molecule has 0 radical (unpaired) electrons. The molecule has 0 fully saturated rings. The van der Waals surface area contributed by atoms with Crippen molar-refractivity contribution in [2.45, 2.75) is 6.10 Å². The maximum absolute atomic E-state index is 12.7. The Kier molecular flexibility index (Phi) is 4.07. The summed E-state index contributed by atoms with van der Waals surface area (Å²) >= 11 is 5.55. The minimum absolute atomic E-state index is 0.0148. The smallest absolute Gasteiger partial charge is 0.198 e. The zero-order valence-corrected chi connectivity index (χ0v) is 12.8. The second kappa shape index (κ2) is 6.02. The molecule has 1 unspecified atom stereocenters. The van der Waals surface area contributed by atoms with Crippen LogP contribution in [0.25, 0.3) is 0 Å². The molecule has 2 aromatic rings. The number of hydrogen-bond acceptors (Lipinski definition) is 5. The molecule has 6 heteroatoms. The third-order valence-electron chi connectivity index (χ3n) is 3.76. The number of phenolic OH excluding ortho intramolecular Hbond substituents is 1. The molecule has 0 saturated heterocycles. The Hall–Kier alpha value is -2.37. The van der Waals surface area contributed by atoms with Crippen LogP contribution in [-0.2, 0) is 0 Å². The standard InChI is InChI=1S/C17H14ClNO4/c18-7-9(20)8-19-12-5-6-13(21)15-14(12)16(22)10-3-1-2-4-11(10)17(15)23/h1-6,9,19-21H,7-8H2. The molecule has 1 aliphatic rings. The maximum atomic E-state index is 12.7. The molecular weight excluding hydrogens is 318 g/mol. The predicted molar refractivity (Wildman–Crippen MR) is 86.6 cm³/mol. The number of aliphatic hydroxyl groups excluding tert-OH is 1. The fourth-order valence-electron chi connectivity index (χ4n) is 2.64. The first-order valence-electron chi connectivity index (χ1n) is 7.07. The number of aromatic hydroxyl groups is 1. The average molecular weight is 332 g/mol. The van der Waals surface area contributed by atoms with Gasteiger partial charge in [0.05, 0.1) is 23.1 Å². The van der Waals surface area contributed by atoms with E-state index in [9.17, 15) is 19.8 Å². The molecule has 0 amide bonds.